The molecule has 0 aromatic heterocycles. The zero-order valence-corrected chi connectivity index (χ0v) is 11.7. The predicted molar refractivity (Wildman–Crippen MR) is 72.8 cm³/mol. The molecule has 1 aromatic rings. The molecule has 6 nitrogen and oxygen atoms in total. The summed E-state index contributed by atoms with van der Waals surface area (Å²) in [5.41, 5.74) is 0.698. The third-order valence-electron chi connectivity index (χ3n) is 2.50. The molecule has 106 valence electrons. The second-order valence-corrected chi connectivity index (χ2v) is 5.63. The minimum atomic E-state index is -3.70. The lowest BCUT2D eigenvalue weighted by Crippen LogP contribution is -2.27. The van der Waals surface area contributed by atoms with Crippen molar-refractivity contribution in [1.29, 1.82) is 0 Å². The number of hydrogen-bond acceptors (Lipinski definition) is 4. The van der Waals surface area contributed by atoms with Crippen LogP contribution in [0.1, 0.15) is 18.9 Å². The zero-order chi connectivity index (χ0) is 14.3. The number of rotatable bonds is 7. The first kappa shape index (κ1) is 15.6. The van der Waals surface area contributed by atoms with Gasteiger partial charge in [0.15, 0.2) is 0 Å². The number of benzene rings is 1. The van der Waals surface area contributed by atoms with E-state index < -0.39 is 10.0 Å². The fourth-order valence-electron chi connectivity index (χ4n) is 1.50. The maximum absolute atomic E-state index is 11.5. The van der Waals surface area contributed by atoms with Gasteiger partial charge in [-0.05, 0) is 24.2 Å². The fraction of sp³-hybridized carbons (Fsp3) is 0.417. The topological polar surface area (TPSA) is 101 Å². The molecule has 19 heavy (non-hydrogen) atoms. The Labute approximate surface area is 113 Å². The van der Waals surface area contributed by atoms with Gasteiger partial charge in [-0.3, -0.25) is 4.79 Å². The van der Waals surface area contributed by atoms with E-state index >= 15 is 0 Å². The monoisotopic (exact) mass is 285 g/mol. The lowest BCUT2D eigenvalue weighted by molar-refractivity contribution is -0.121. The maximum atomic E-state index is 11.5. The quantitative estimate of drug-likeness (QED) is 0.611. The van der Waals surface area contributed by atoms with Gasteiger partial charge in [0.1, 0.15) is 0 Å². The highest BCUT2D eigenvalue weighted by Gasteiger charge is 2.08. The molecular formula is C12H19N3O3S. The van der Waals surface area contributed by atoms with Crippen molar-refractivity contribution in [1.82, 2.24) is 10.6 Å². The molecule has 0 aliphatic carbocycles. The highest BCUT2D eigenvalue weighted by atomic mass is 32.2. The minimum absolute atomic E-state index is 0.0481. The van der Waals surface area contributed by atoms with Crippen LogP contribution in [-0.4, -0.2) is 27.4 Å². The predicted octanol–water partition coefficient (Wildman–Crippen LogP) is -0.0502. The SMILES string of the molecule is CCNCCC(=O)NCc1cccc(S(N)(=O)=O)c1. The van der Waals surface area contributed by atoms with Gasteiger partial charge >= 0.3 is 0 Å². The van der Waals surface area contributed by atoms with Crippen LogP contribution in [0.3, 0.4) is 0 Å². The van der Waals surface area contributed by atoms with Crippen LogP contribution in [0.4, 0.5) is 0 Å². The smallest absolute Gasteiger partial charge is 0.238 e. The number of primary sulfonamides is 1. The first-order chi connectivity index (χ1) is 8.93. The first-order valence-electron chi connectivity index (χ1n) is 6.02. The number of carbonyl (C=O) groups excluding carboxylic acids is 1. The fourth-order valence-corrected chi connectivity index (χ4v) is 2.08. The Bertz CT molecular complexity index is 529. The van der Waals surface area contributed by atoms with Crippen molar-refractivity contribution < 1.29 is 13.2 Å². The molecule has 0 radical (unpaired) electrons. The lowest BCUT2D eigenvalue weighted by Gasteiger charge is -2.07. The van der Waals surface area contributed by atoms with Crippen molar-refractivity contribution in [2.75, 3.05) is 13.1 Å². The van der Waals surface area contributed by atoms with Crippen LogP contribution >= 0.6 is 0 Å². The van der Waals surface area contributed by atoms with Crippen molar-refractivity contribution >= 4 is 15.9 Å². The van der Waals surface area contributed by atoms with Gasteiger partial charge in [-0.1, -0.05) is 19.1 Å². The van der Waals surface area contributed by atoms with Gasteiger partial charge in [0.2, 0.25) is 15.9 Å². The van der Waals surface area contributed by atoms with Crippen LogP contribution < -0.4 is 15.8 Å². The van der Waals surface area contributed by atoms with E-state index in [0.29, 0.717) is 18.5 Å². The molecular weight excluding hydrogens is 266 g/mol. The summed E-state index contributed by atoms with van der Waals surface area (Å²) >= 11 is 0. The summed E-state index contributed by atoms with van der Waals surface area (Å²) in [6, 6.07) is 6.21. The molecule has 0 aliphatic heterocycles. The molecule has 1 aromatic carbocycles. The van der Waals surface area contributed by atoms with Crippen molar-refractivity contribution in [3.8, 4) is 0 Å². The van der Waals surface area contributed by atoms with E-state index in [1.165, 1.54) is 12.1 Å². The second kappa shape index (κ2) is 7.22. The lowest BCUT2D eigenvalue weighted by atomic mass is 10.2. The summed E-state index contributed by atoms with van der Waals surface area (Å²) in [6.45, 7) is 3.70. The van der Waals surface area contributed by atoms with Gasteiger partial charge in [0.05, 0.1) is 4.90 Å². The molecule has 4 N–H and O–H groups in total. The molecule has 0 atom stereocenters. The normalized spacial score (nSPS) is 11.3. The Morgan fingerprint density at radius 2 is 2.11 bits per heavy atom. The van der Waals surface area contributed by atoms with Crippen LogP contribution in [0, 0.1) is 0 Å². The van der Waals surface area contributed by atoms with Crippen LogP contribution in [-0.2, 0) is 21.4 Å². The second-order valence-electron chi connectivity index (χ2n) is 4.07. The summed E-state index contributed by atoms with van der Waals surface area (Å²) in [7, 11) is -3.70. The van der Waals surface area contributed by atoms with Crippen LogP contribution in [0.5, 0.6) is 0 Å². The van der Waals surface area contributed by atoms with Gasteiger partial charge in [-0.25, -0.2) is 13.6 Å². The number of carbonyl (C=O) groups is 1. The van der Waals surface area contributed by atoms with Crippen molar-refractivity contribution in [2.45, 2.75) is 24.8 Å². The third kappa shape index (κ3) is 5.82. The largest absolute Gasteiger partial charge is 0.352 e. The van der Waals surface area contributed by atoms with Gasteiger partial charge in [-0.15, -0.1) is 0 Å². The van der Waals surface area contributed by atoms with Crippen molar-refractivity contribution in [2.24, 2.45) is 5.14 Å². The van der Waals surface area contributed by atoms with E-state index in [9.17, 15) is 13.2 Å². The molecule has 0 saturated heterocycles. The Balaban J connectivity index is 2.52. The highest BCUT2D eigenvalue weighted by Crippen LogP contribution is 2.09. The van der Waals surface area contributed by atoms with Gasteiger partial charge in [0, 0.05) is 19.5 Å². The van der Waals surface area contributed by atoms with Crippen molar-refractivity contribution in [3.05, 3.63) is 29.8 Å². The number of sulfonamides is 1. The van der Waals surface area contributed by atoms with Gasteiger partial charge in [0.25, 0.3) is 0 Å². The summed E-state index contributed by atoms with van der Waals surface area (Å²) in [4.78, 5) is 11.5. The first-order valence-corrected chi connectivity index (χ1v) is 7.57. The highest BCUT2D eigenvalue weighted by molar-refractivity contribution is 7.89. The van der Waals surface area contributed by atoms with Gasteiger partial charge < -0.3 is 10.6 Å². The van der Waals surface area contributed by atoms with E-state index in [2.05, 4.69) is 10.6 Å². The molecule has 1 amide bonds. The summed E-state index contributed by atoms with van der Waals surface area (Å²) in [5.74, 6) is -0.0815. The van der Waals surface area contributed by atoms with E-state index in [1.54, 1.807) is 12.1 Å². The van der Waals surface area contributed by atoms with Crippen LogP contribution in [0.25, 0.3) is 0 Å². The molecule has 0 aliphatic rings. The van der Waals surface area contributed by atoms with E-state index in [4.69, 9.17) is 5.14 Å². The summed E-state index contributed by atoms with van der Waals surface area (Å²) in [6.07, 6.45) is 0.392. The Morgan fingerprint density at radius 1 is 1.37 bits per heavy atom. The number of nitrogens with two attached hydrogens (primary N) is 1. The third-order valence-corrected chi connectivity index (χ3v) is 3.41. The molecule has 1 rings (SSSR count). The standard InChI is InChI=1S/C12H19N3O3S/c1-2-14-7-6-12(16)15-9-10-4-3-5-11(8-10)19(13,17)18/h3-5,8,14H,2,6-7,9H2,1H3,(H,15,16)(H2,13,17,18). The molecule has 0 bridgehead atoms. The number of hydrogen-bond donors (Lipinski definition) is 3. The maximum Gasteiger partial charge on any atom is 0.238 e. The average Bonchev–Trinajstić information content (AvgIpc) is 2.36. The minimum Gasteiger partial charge on any atom is -0.352 e. The zero-order valence-electron chi connectivity index (χ0n) is 10.8. The molecule has 0 unspecified atom stereocenters. The van der Waals surface area contributed by atoms with Crippen LogP contribution in [0.2, 0.25) is 0 Å². The Hall–Kier alpha value is -1.44. The molecule has 0 saturated carbocycles. The number of amides is 1. The van der Waals surface area contributed by atoms with E-state index in [1.807, 2.05) is 6.92 Å². The molecule has 0 spiro atoms. The summed E-state index contributed by atoms with van der Waals surface area (Å²) in [5, 5.41) is 10.8. The Morgan fingerprint density at radius 3 is 2.74 bits per heavy atom. The van der Waals surface area contributed by atoms with Crippen LogP contribution in [0.15, 0.2) is 29.2 Å². The number of nitrogens with one attached hydrogen (secondary N) is 2. The van der Waals surface area contributed by atoms with Crippen molar-refractivity contribution in [3.63, 3.8) is 0 Å². The summed E-state index contributed by atoms with van der Waals surface area (Å²) < 4.78 is 22.4. The van der Waals surface area contributed by atoms with E-state index in [-0.39, 0.29) is 17.3 Å². The van der Waals surface area contributed by atoms with E-state index in [0.717, 1.165) is 6.54 Å². The average molecular weight is 285 g/mol. The van der Waals surface area contributed by atoms with Gasteiger partial charge in [-0.2, -0.15) is 0 Å². The molecule has 7 heteroatoms. The molecule has 0 fully saturated rings. The molecule has 0 heterocycles. The Kier molecular flexibility index (Phi) is 5.94.